The molecule has 0 heterocycles. The molecule has 1 aliphatic rings. The Bertz CT molecular complexity index is 944. The summed E-state index contributed by atoms with van der Waals surface area (Å²) in [6, 6.07) is 15.4. The van der Waals surface area contributed by atoms with Gasteiger partial charge in [0.1, 0.15) is 12.6 Å². The van der Waals surface area contributed by atoms with E-state index >= 15 is 0 Å². The van der Waals surface area contributed by atoms with Crippen LogP contribution in [-0.4, -0.2) is 54.2 Å². The van der Waals surface area contributed by atoms with Gasteiger partial charge in [-0.25, -0.2) is 9.59 Å². The fourth-order valence-corrected chi connectivity index (χ4v) is 4.21. The van der Waals surface area contributed by atoms with Gasteiger partial charge >= 0.3 is 12.1 Å². The normalized spacial score (nSPS) is 14.1. The number of carbonyl (C=O) groups is 3. The second-order valence-electron chi connectivity index (χ2n) is 8.28. The summed E-state index contributed by atoms with van der Waals surface area (Å²) in [7, 11) is 1.50. The Morgan fingerprint density at radius 2 is 1.62 bits per heavy atom. The Labute approximate surface area is 188 Å². The van der Waals surface area contributed by atoms with Gasteiger partial charge in [0.05, 0.1) is 0 Å². The Hall–Kier alpha value is -3.35. The van der Waals surface area contributed by atoms with Crippen LogP contribution >= 0.6 is 0 Å². The highest BCUT2D eigenvalue weighted by Gasteiger charge is 2.29. The molecule has 32 heavy (non-hydrogen) atoms. The third-order valence-corrected chi connectivity index (χ3v) is 5.99. The first-order valence-electron chi connectivity index (χ1n) is 10.9. The van der Waals surface area contributed by atoms with E-state index in [2.05, 4.69) is 29.6 Å². The fraction of sp³-hybridized carbons (Fsp3) is 0.400. The third kappa shape index (κ3) is 5.10. The van der Waals surface area contributed by atoms with Gasteiger partial charge in [0, 0.05) is 25.9 Å². The SMILES string of the molecule is CCC(C(=O)O)N(C)C(=O)CC(C)CNC(=O)OCC1c2ccccc2-c2ccccc21. The van der Waals surface area contributed by atoms with Crippen LogP contribution in [0, 0.1) is 5.92 Å². The number of carbonyl (C=O) groups excluding carboxylic acids is 2. The van der Waals surface area contributed by atoms with E-state index in [1.807, 2.05) is 31.2 Å². The number of alkyl carbamates (subject to hydrolysis) is 1. The van der Waals surface area contributed by atoms with Crippen LogP contribution < -0.4 is 5.32 Å². The maximum absolute atomic E-state index is 12.4. The molecule has 0 saturated heterocycles. The first-order valence-corrected chi connectivity index (χ1v) is 10.9. The summed E-state index contributed by atoms with van der Waals surface area (Å²) >= 11 is 0. The maximum atomic E-state index is 12.4. The quantitative estimate of drug-likeness (QED) is 0.620. The number of hydrogen-bond acceptors (Lipinski definition) is 4. The van der Waals surface area contributed by atoms with E-state index in [0.717, 1.165) is 11.1 Å². The summed E-state index contributed by atoms with van der Waals surface area (Å²) in [5.74, 6) is -1.45. The number of hydrogen-bond donors (Lipinski definition) is 2. The van der Waals surface area contributed by atoms with Crippen LogP contribution in [0.1, 0.15) is 43.7 Å². The van der Waals surface area contributed by atoms with Crippen LogP contribution in [0.3, 0.4) is 0 Å². The lowest BCUT2D eigenvalue weighted by Gasteiger charge is -2.25. The Kier molecular flexibility index (Phi) is 7.51. The summed E-state index contributed by atoms with van der Waals surface area (Å²) in [5, 5.41) is 11.9. The highest BCUT2D eigenvalue weighted by Crippen LogP contribution is 2.44. The van der Waals surface area contributed by atoms with Gasteiger partial charge in [-0.05, 0) is 34.6 Å². The van der Waals surface area contributed by atoms with Gasteiger partial charge in [-0.2, -0.15) is 0 Å². The van der Waals surface area contributed by atoms with Crippen molar-refractivity contribution >= 4 is 18.0 Å². The van der Waals surface area contributed by atoms with E-state index in [-0.39, 0.29) is 37.3 Å². The molecular formula is C25H30N2O5. The molecule has 2 aromatic rings. The number of rotatable bonds is 9. The number of likely N-dealkylation sites (N-methyl/N-ethyl adjacent to an activating group) is 1. The molecule has 2 unspecified atom stereocenters. The molecule has 0 aliphatic heterocycles. The highest BCUT2D eigenvalue weighted by molar-refractivity contribution is 5.83. The van der Waals surface area contributed by atoms with Crippen molar-refractivity contribution in [2.75, 3.05) is 20.2 Å². The summed E-state index contributed by atoms with van der Waals surface area (Å²) in [6.45, 7) is 4.05. The van der Waals surface area contributed by atoms with E-state index in [1.54, 1.807) is 6.92 Å². The van der Waals surface area contributed by atoms with E-state index in [9.17, 15) is 19.5 Å². The zero-order valence-electron chi connectivity index (χ0n) is 18.7. The molecule has 170 valence electrons. The van der Waals surface area contributed by atoms with Crippen LogP contribution in [-0.2, 0) is 14.3 Å². The largest absolute Gasteiger partial charge is 0.480 e. The van der Waals surface area contributed by atoms with Gasteiger partial charge in [0.2, 0.25) is 5.91 Å². The molecule has 0 bridgehead atoms. The number of nitrogens with one attached hydrogen (secondary N) is 1. The fourth-order valence-electron chi connectivity index (χ4n) is 4.21. The van der Waals surface area contributed by atoms with Gasteiger partial charge in [-0.15, -0.1) is 0 Å². The molecule has 0 aromatic heterocycles. The van der Waals surface area contributed by atoms with Gasteiger partial charge in [0.15, 0.2) is 0 Å². The Morgan fingerprint density at radius 1 is 1.06 bits per heavy atom. The number of nitrogens with zero attached hydrogens (tertiary/aromatic N) is 1. The van der Waals surface area contributed by atoms with Crippen molar-refractivity contribution < 1.29 is 24.2 Å². The number of carboxylic acid groups (broad SMARTS) is 1. The molecular weight excluding hydrogens is 408 g/mol. The second kappa shape index (κ2) is 10.3. The molecule has 0 spiro atoms. The minimum Gasteiger partial charge on any atom is -0.480 e. The van der Waals surface area contributed by atoms with E-state index in [1.165, 1.54) is 23.1 Å². The maximum Gasteiger partial charge on any atom is 0.407 e. The molecule has 2 N–H and O–H groups in total. The zero-order chi connectivity index (χ0) is 23.3. The lowest BCUT2D eigenvalue weighted by Crippen LogP contribution is -2.43. The number of ether oxygens (including phenoxy) is 1. The van der Waals surface area contributed by atoms with Crippen molar-refractivity contribution in [2.45, 2.75) is 38.6 Å². The van der Waals surface area contributed by atoms with Crippen molar-refractivity contribution in [1.82, 2.24) is 10.2 Å². The van der Waals surface area contributed by atoms with Gasteiger partial charge in [-0.3, -0.25) is 4.79 Å². The second-order valence-corrected chi connectivity index (χ2v) is 8.28. The van der Waals surface area contributed by atoms with Crippen LogP contribution in [0.25, 0.3) is 11.1 Å². The van der Waals surface area contributed by atoms with E-state index in [0.29, 0.717) is 6.42 Å². The van der Waals surface area contributed by atoms with Gasteiger partial charge in [0.25, 0.3) is 0 Å². The van der Waals surface area contributed by atoms with Crippen molar-refractivity contribution in [3.8, 4) is 11.1 Å². The van der Waals surface area contributed by atoms with Crippen LogP contribution in [0.5, 0.6) is 0 Å². The first-order chi connectivity index (χ1) is 15.3. The molecule has 1 aliphatic carbocycles. The van der Waals surface area contributed by atoms with E-state index in [4.69, 9.17) is 4.74 Å². The number of benzene rings is 2. The molecule has 7 heteroatoms. The molecule has 0 radical (unpaired) electrons. The number of aliphatic carboxylic acids is 1. The minimum absolute atomic E-state index is 0.0113. The van der Waals surface area contributed by atoms with Crippen molar-refractivity contribution in [3.63, 3.8) is 0 Å². The van der Waals surface area contributed by atoms with Crippen molar-refractivity contribution in [2.24, 2.45) is 5.92 Å². The molecule has 0 fully saturated rings. The first kappa shape index (κ1) is 23.3. The predicted octanol–water partition coefficient (Wildman–Crippen LogP) is 3.87. The monoisotopic (exact) mass is 438 g/mol. The average Bonchev–Trinajstić information content (AvgIpc) is 3.10. The lowest BCUT2D eigenvalue weighted by molar-refractivity contribution is -0.149. The van der Waals surface area contributed by atoms with Crippen molar-refractivity contribution in [3.05, 3.63) is 59.7 Å². The summed E-state index contributed by atoms with van der Waals surface area (Å²) < 4.78 is 5.51. The number of fused-ring (bicyclic) bond motifs is 3. The Balaban J connectivity index is 1.50. The molecule has 0 saturated carbocycles. The predicted molar refractivity (Wildman–Crippen MR) is 121 cm³/mol. The van der Waals surface area contributed by atoms with Crippen LogP contribution in [0.4, 0.5) is 4.79 Å². The molecule has 2 atom stereocenters. The molecule has 2 amide bonds. The summed E-state index contributed by atoms with van der Waals surface area (Å²) in [6.07, 6.45) is -0.0510. The lowest BCUT2D eigenvalue weighted by atomic mass is 9.98. The topological polar surface area (TPSA) is 95.9 Å². The van der Waals surface area contributed by atoms with Gasteiger partial charge < -0.3 is 20.1 Å². The molecule has 2 aromatic carbocycles. The average molecular weight is 439 g/mol. The smallest absolute Gasteiger partial charge is 0.407 e. The van der Waals surface area contributed by atoms with Crippen LogP contribution in [0.2, 0.25) is 0 Å². The molecule has 7 nitrogen and oxygen atoms in total. The van der Waals surface area contributed by atoms with Crippen molar-refractivity contribution in [1.29, 1.82) is 0 Å². The number of carboxylic acids is 1. The standard InChI is InChI=1S/C25H30N2O5/c1-4-22(24(29)30)27(3)23(28)13-16(2)14-26-25(31)32-15-21-19-11-7-5-9-17(19)18-10-6-8-12-20(18)21/h5-12,16,21-22H,4,13-15H2,1-3H3,(H,26,31)(H,29,30). The van der Waals surface area contributed by atoms with Crippen LogP contribution in [0.15, 0.2) is 48.5 Å². The van der Waals surface area contributed by atoms with Gasteiger partial charge in [-0.1, -0.05) is 62.4 Å². The van der Waals surface area contributed by atoms with E-state index < -0.39 is 18.1 Å². The Morgan fingerprint density at radius 3 is 2.16 bits per heavy atom. The number of amides is 2. The summed E-state index contributed by atoms with van der Waals surface area (Å²) in [4.78, 5) is 37.1. The highest BCUT2D eigenvalue weighted by atomic mass is 16.5. The zero-order valence-corrected chi connectivity index (χ0v) is 18.7. The molecule has 3 rings (SSSR count). The third-order valence-electron chi connectivity index (χ3n) is 5.99. The summed E-state index contributed by atoms with van der Waals surface area (Å²) in [5.41, 5.74) is 4.63. The minimum atomic E-state index is -1.02.